The van der Waals surface area contributed by atoms with Crippen LogP contribution < -0.4 is 5.32 Å². The lowest BCUT2D eigenvalue weighted by Gasteiger charge is -2.36. The molecular formula is C24H38N2O3S2Si. The number of aliphatic carboxylic acids is 1. The number of rotatable bonds is 10. The number of aliphatic imine (C=N–C) groups is 1. The van der Waals surface area contributed by atoms with Crippen molar-refractivity contribution in [2.24, 2.45) is 4.99 Å². The van der Waals surface area contributed by atoms with Crippen molar-refractivity contribution in [3.8, 4) is 0 Å². The fraction of sp³-hybridized carbons (Fsp3) is 0.583. The zero-order chi connectivity index (χ0) is 23.9. The van der Waals surface area contributed by atoms with Gasteiger partial charge in [-0.15, -0.1) is 11.8 Å². The third-order valence-electron chi connectivity index (χ3n) is 6.17. The third-order valence-corrected chi connectivity index (χ3v) is 12.5. The zero-order valence-electron chi connectivity index (χ0n) is 20.4. The minimum absolute atomic E-state index is 0.251. The van der Waals surface area contributed by atoms with Crippen molar-refractivity contribution < 1.29 is 14.3 Å². The average molecular weight is 495 g/mol. The van der Waals surface area contributed by atoms with Gasteiger partial charge in [-0.2, -0.15) is 0 Å². The molecule has 1 aromatic carbocycles. The molecule has 0 saturated carbocycles. The molecule has 1 aliphatic rings. The molecule has 0 bridgehead atoms. The molecule has 1 aliphatic heterocycles. The molecular weight excluding hydrogens is 456 g/mol. The summed E-state index contributed by atoms with van der Waals surface area (Å²) in [6.07, 6.45) is 5.25. The number of hydrogen-bond acceptors (Lipinski definition) is 6. The van der Waals surface area contributed by atoms with E-state index in [0.717, 1.165) is 47.2 Å². The summed E-state index contributed by atoms with van der Waals surface area (Å²) in [6, 6.07) is 7.56. The Hall–Kier alpha value is -1.22. The van der Waals surface area contributed by atoms with Crippen molar-refractivity contribution in [1.29, 1.82) is 0 Å². The molecule has 2 N–H and O–H groups in total. The number of unbranched alkanes of at least 4 members (excludes halogenated alkanes) is 2. The van der Waals surface area contributed by atoms with Crippen LogP contribution in [0, 0.1) is 0 Å². The number of carboxylic acids is 1. The molecule has 0 radical (unpaired) electrons. The van der Waals surface area contributed by atoms with Gasteiger partial charge in [0.1, 0.15) is 6.04 Å². The van der Waals surface area contributed by atoms with E-state index in [2.05, 4.69) is 45.2 Å². The Labute approximate surface area is 203 Å². The lowest BCUT2D eigenvalue weighted by atomic mass is 9.96. The molecule has 1 unspecified atom stereocenters. The number of carbonyl (C=O) groups is 1. The molecule has 178 valence electrons. The summed E-state index contributed by atoms with van der Waals surface area (Å²) in [5.41, 5.74) is 1.94. The van der Waals surface area contributed by atoms with Crippen molar-refractivity contribution in [1.82, 2.24) is 5.32 Å². The van der Waals surface area contributed by atoms with Gasteiger partial charge in [-0.1, -0.05) is 57.2 Å². The third kappa shape index (κ3) is 7.14. The van der Waals surface area contributed by atoms with Crippen LogP contribution >= 0.6 is 23.5 Å². The number of allylic oxidation sites excluding steroid dienone is 1. The summed E-state index contributed by atoms with van der Waals surface area (Å²) >= 11 is 3.28. The van der Waals surface area contributed by atoms with Crippen LogP contribution in [0.15, 0.2) is 45.4 Å². The highest BCUT2D eigenvalue weighted by molar-refractivity contribution is 8.13. The second-order valence-electron chi connectivity index (χ2n) is 9.57. The van der Waals surface area contributed by atoms with Gasteiger partial charge >= 0.3 is 5.97 Å². The molecule has 5 nitrogen and oxygen atoms in total. The molecule has 1 aromatic rings. The first-order valence-corrected chi connectivity index (χ1v) is 16.3. The summed E-state index contributed by atoms with van der Waals surface area (Å²) in [4.78, 5) is 17.8. The van der Waals surface area contributed by atoms with Gasteiger partial charge in [-0.05, 0) is 61.5 Å². The Bertz CT molecular complexity index is 863. The molecule has 1 atom stereocenters. The van der Waals surface area contributed by atoms with Gasteiger partial charge in [0.25, 0.3) is 0 Å². The second kappa shape index (κ2) is 11.8. The summed E-state index contributed by atoms with van der Waals surface area (Å²) in [5.74, 6) is 0.0668. The van der Waals surface area contributed by atoms with E-state index in [1.807, 2.05) is 31.4 Å². The molecule has 32 heavy (non-hydrogen) atoms. The number of benzene rings is 1. The summed E-state index contributed by atoms with van der Waals surface area (Å²) in [6.45, 7) is 14.1. The molecule has 0 amide bonds. The first-order chi connectivity index (χ1) is 15.0. The van der Waals surface area contributed by atoms with Crippen LogP contribution in [-0.2, 0) is 9.22 Å². The summed E-state index contributed by atoms with van der Waals surface area (Å²) in [7, 11) is -1.66. The molecule has 8 heteroatoms. The molecule has 0 fully saturated rings. The second-order valence-corrected chi connectivity index (χ2v) is 16.3. The van der Waals surface area contributed by atoms with E-state index in [1.54, 1.807) is 11.8 Å². The van der Waals surface area contributed by atoms with E-state index in [1.165, 1.54) is 11.8 Å². The van der Waals surface area contributed by atoms with Gasteiger partial charge in [0.05, 0.1) is 5.57 Å². The van der Waals surface area contributed by atoms with Crippen LogP contribution in [0.3, 0.4) is 0 Å². The van der Waals surface area contributed by atoms with E-state index in [-0.39, 0.29) is 5.04 Å². The van der Waals surface area contributed by atoms with Gasteiger partial charge < -0.3 is 14.8 Å². The molecule has 2 rings (SSSR count). The largest absolute Gasteiger partial charge is 0.478 e. The van der Waals surface area contributed by atoms with Gasteiger partial charge in [-0.3, -0.25) is 0 Å². The van der Waals surface area contributed by atoms with Gasteiger partial charge in [0.15, 0.2) is 13.5 Å². The maximum absolute atomic E-state index is 12.0. The average Bonchev–Trinajstić information content (AvgIpc) is 2.71. The van der Waals surface area contributed by atoms with E-state index in [0.29, 0.717) is 11.3 Å². The fourth-order valence-corrected chi connectivity index (χ4v) is 5.84. The van der Waals surface area contributed by atoms with E-state index >= 15 is 0 Å². The van der Waals surface area contributed by atoms with Crippen LogP contribution in [0.1, 0.15) is 58.6 Å². The number of nitrogens with zero attached hydrogens (tertiary/aromatic N) is 1. The fourth-order valence-electron chi connectivity index (χ4n) is 3.20. The normalized spacial score (nSPS) is 17.2. The monoisotopic (exact) mass is 494 g/mol. The maximum Gasteiger partial charge on any atom is 0.335 e. The Morgan fingerprint density at radius 1 is 1.22 bits per heavy atom. The lowest BCUT2D eigenvalue weighted by molar-refractivity contribution is -0.133. The topological polar surface area (TPSA) is 70.9 Å². The number of carboxylic acid groups (broad SMARTS) is 1. The van der Waals surface area contributed by atoms with Crippen LogP contribution in [0.5, 0.6) is 0 Å². The smallest absolute Gasteiger partial charge is 0.335 e. The van der Waals surface area contributed by atoms with E-state index in [9.17, 15) is 9.90 Å². The Balaban J connectivity index is 1.96. The summed E-state index contributed by atoms with van der Waals surface area (Å²) < 4.78 is 6.27. The number of hydrogen-bond donors (Lipinski definition) is 2. The van der Waals surface area contributed by atoms with Crippen molar-refractivity contribution in [3.63, 3.8) is 0 Å². The van der Waals surface area contributed by atoms with Crippen molar-refractivity contribution >= 4 is 43.0 Å². The van der Waals surface area contributed by atoms with Crippen LogP contribution in [0.4, 0.5) is 0 Å². The molecule has 0 spiro atoms. The van der Waals surface area contributed by atoms with Crippen LogP contribution in [0.2, 0.25) is 18.1 Å². The molecule has 0 aliphatic carbocycles. The molecule has 0 aromatic heterocycles. The van der Waals surface area contributed by atoms with E-state index < -0.39 is 20.3 Å². The van der Waals surface area contributed by atoms with Crippen molar-refractivity contribution in [2.75, 3.05) is 18.6 Å². The maximum atomic E-state index is 12.0. The minimum atomic E-state index is -1.66. The Kier molecular flexibility index (Phi) is 9.94. The van der Waals surface area contributed by atoms with Crippen molar-refractivity contribution in [2.45, 2.75) is 76.0 Å². The zero-order valence-corrected chi connectivity index (χ0v) is 23.1. The summed E-state index contributed by atoms with van der Waals surface area (Å²) in [5, 5.41) is 13.9. The standard InChI is InChI=1S/C24H38N2O3S2Si/c1-17-20(22(27)28)21(26-23(25-17)30-5)18-13-9-10-14-19(18)31-16-12-8-11-15-29-32(6,7)24(2,3)4/h9-10,13-14,21H,8,11-12,15-16H2,1-7H3,(H,25,26)(H,27,28). The molecule has 0 saturated heterocycles. The first kappa shape index (κ1) is 27.0. The van der Waals surface area contributed by atoms with Gasteiger partial charge in [0, 0.05) is 17.2 Å². The van der Waals surface area contributed by atoms with Gasteiger partial charge in [-0.25, -0.2) is 9.79 Å². The first-order valence-electron chi connectivity index (χ1n) is 11.2. The number of thioether (sulfide) groups is 2. The predicted octanol–water partition coefficient (Wildman–Crippen LogP) is 6.69. The van der Waals surface area contributed by atoms with E-state index in [4.69, 9.17) is 9.42 Å². The van der Waals surface area contributed by atoms with Crippen molar-refractivity contribution in [3.05, 3.63) is 41.1 Å². The van der Waals surface area contributed by atoms with Gasteiger partial charge in [0.2, 0.25) is 0 Å². The highest BCUT2D eigenvalue weighted by atomic mass is 32.2. The Morgan fingerprint density at radius 3 is 2.53 bits per heavy atom. The quantitative estimate of drug-likeness (QED) is 0.214. The Morgan fingerprint density at radius 2 is 1.91 bits per heavy atom. The van der Waals surface area contributed by atoms with Crippen LogP contribution in [-0.4, -0.2) is 43.2 Å². The molecule has 1 heterocycles. The SMILES string of the molecule is CSC1=NC(c2ccccc2SCCCCCO[Si](C)(C)C(C)(C)C)C(C(=O)O)=C(C)N1. The predicted molar refractivity (Wildman–Crippen MR) is 141 cm³/mol. The lowest BCUT2D eigenvalue weighted by Crippen LogP contribution is -2.40. The van der Waals surface area contributed by atoms with Crippen LogP contribution in [0.25, 0.3) is 0 Å². The number of nitrogens with one attached hydrogen (secondary N) is 1. The highest BCUT2D eigenvalue weighted by Crippen LogP contribution is 2.38. The minimum Gasteiger partial charge on any atom is -0.478 e. The number of amidine groups is 1. The highest BCUT2D eigenvalue weighted by Gasteiger charge is 2.36.